The van der Waals surface area contributed by atoms with E-state index in [1.807, 2.05) is 0 Å². The maximum atomic E-state index is 11.2. The second-order valence-electron chi connectivity index (χ2n) is 6.05. The molecule has 0 atom stereocenters. The van der Waals surface area contributed by atoms with Crippen LogP contribution in [0.4, 0.5) is 4.79 Å². The molecule has 4 heteroatoms. The fourth-order valence-electron chi connectivity index (χ4n) is 2.73. The minimum Gasteiger partial charge on any atom is -0.375 e. The maximum Gasteiger partial charge on any atom is 0.418 e. The molecule has 21 heavy (non-hydrogen) atoms. The van der Waals surface area contributed by atoms with E-state index in [0.717, 1.165) is 12.8 Å². The number of hydrogen-bond donors (Lipinski definition) is 0. The van der Waals surface area contributed by atoms with Gasteiger partial charge in [0.15, 0.2) is 0 Å². The third kappa shape index (κ3) is 8.74. The average Bonchev–Trinajstić information content (AvgIpc) is 2.78. The van der Waals surface area contributed by atoms with Gasteiger partial charge >= 0.3 is 12.1 Å². The maximum absolute atomic E-state index is 11.2. The quantitative estimate of drug-likeness (QED) is 0.282. The average molecular weight is 297 g/mol. The molecule has 0 radical (unpaired) electrons. The number of hydrogen-bond acceptors (Lipinski definition) is 3. The third-order valence-corrected chi connectivity index (χ3v) is 4.06. The first-order valence-electron chi connectivity index (χ1n) is 8.73. The van der Waals surface area contributed by atoms with Gasteiger partial charge in [0.2, 0.25) is 0 Å². The van der Waals surface area contributed by atoms with Gasteiger partial charge in [-0.05, 0) is 6.42 Å². The molecule has 1 heterocycles. The number of amides is 1. The van der Waals surface area contributed by atoms with Crippen LogP contribution in [0.1, 0.15) is 84.0 Å². The largest absolute Gasteiger partial charge is 0.418 e. The van der Waals surface area contributed by atoms with E-state index in [1.165, 1.54) is 69.1 Å². The smallest absolute Gasteiger partial charge is 0.375 e. The molecule has 122 valence electrons. The Hall–Kier alpha value is -1.06. The van der Waals surface area contributed by atoms with E-state index >= 15 is 0 Å². The zero-order valence-electron chi connectivity index (χ0n) is 13.6. The lowest BCUT2D eigenvalue weighted by molar-refractivity contribution is -0.132. The van der Waals surface area contributed by atoms with Gasteiger partial charge in [-0.3, -0.25) is 4.90 Å². The highest BCUT2D eigenvalue weighted by atomic mass is 16.6. The molecule has 0 bridgehead atoms. The van der Waals surface area contributed by atoms with Crippen LogP contribution in [-0.4, -0.2) is 30.1 Å². The van der Waals surface area contributed by atoms with Gasteiger partial charge in [-0.25, -0.2) is 9.59 Å². The zero-order valence-corrected chi connectivity index (χ0v) is 13.6. The summed E-state index contributed by atoms with van der Waals surface area (Å²) in [6.07, 6.45) is 15.1. The lowest BCUT2D eigenvalue weighted by Crippen LogP contribution is -2.25. The van der Waals surface area contributed by atoms with Gasteiger partial charge in [0.25, 0.3) is 0 Å². The molecular formula is C17H31NO3. The summed E-state index contributed by atoms with van der Waals surface area (Å²) in [4.78, 5) is 23.6. The summed E-state index contributed by atoms with van der Waals surface area (Å²) in [6.45, 7) is 3.05. The van der Waals surface area contributed by atoms with Crippen molar-refractivity contribution in [3.05, 3.63) is 0 Å². The number of cyclic esters (lactones) is 2. The summed E-state index contributed by atoms with van der Waals surface area (Å²) in [5, 5.41) is 0. The Morgan fingerprint density at radius 1 is 0.810 bits per heavy atom. The topological polar surface area (TPSA) is 46.6 Å². The van der Waals surface area contributed by atoms with Crippen molar-refractivity contribution in [2.45, 2.75) is 84.0 Å². The molecule has 0 aromatic carbocycles. The van der Waals surface area contributed by atoms with Crippen LogP contribution in [0.2, 0.25) is 0 Å². The van der Waals surface area contributed by atoms with E-state index in [4.69, 9.17) is 0 Å². The Morgan fingerprint density at radius 3 is 1.71 bits per heavy atom. The van der Waals surface area contributed by atoms with Gasteiger partial charge in [0.05, 0.1) is 0 Å². The molecule has 0 N–H and O–H groups in total. The molecule has 0 aliphatic carbocycles. The van der Waals surface area contributed by atoms with Crippen LogP contribution < -0.4 is 0 Å². The Labute approximate surface area is 129 Å². The minimum absolute atomic E-state index is 0.136. The molecular weight excluding hydrogens is 266 g/mol. The fourth-order valence-corrected chi connectivity index (χ4v) is 2.73. The van der Waals surface area contributed by atoms with Gasteiger partial charge < -0.3 is 4.74 Å². The van der Waals surface area contributed by atoms with Crippen LogP contribution in [0, 0.1) is 0 Å². The molecule has 0 unspecified atom stereocenters. The molecule has 0 spiro atoms. The number of nitrogens with zero attached hydrogens (tertiary/aromatic N) is 1. The van der Waals surface area contributed by atoms with Crippen LogP contribution in [-0.2, 0) is 9.53 Å². The molecule has 0 aromatic heterocycles. The van der Waals surface area contributed by atoms with E-state index in [0.29, 0.717) is 6.54 Å². The lowest BCUT2D eigenvalue weighted by atomic mass is 10.1. The van der Waals surface area contributed by atoms with Gasteiger partial charge in [-0.2, -0.15) is 0 Å². The summed E-state index contributed by atoms with van der Waals surface area (Å²) >= 11 is 0. The van der Waals surface area contributed by atoms with Gasteiger partial charge in [-0.1, -0.05) is 77.6 Å². The SMILES string of the molecule is CCCCCCCCCCCCCCN1CC(=O)OC1=O. The molecule has 1 aliphatic rings. The first-order valence-corrected chi connectivity index (χ1v) is 8.73. The number of ether oxygens (including phenoxy) is 1. The van der Waals surface area contributed by atoms with E-state index < -0.39 is 12.1 Å². The van der Waals surface area contributed by atoms with Crippen LogP contribution in [0.3, 0.4) is 0 Å². The van der Waals surface area contributed by atoms with Crippen LogP contribution in [0.5, 0.6) is 0 Å². The van der Waals surface area contributed by atoms with Crippen molar-refractivity contribution < 1.29 is 14.3 Å². The van der Waals surface area contributed by atoms with Crippen molar-refractivity contribution in [1.82, 2.24) is 4.90 Å². The van der Waals surface area contributed by atoms with Gasteiger partial charge in [0.1, 0.15) is 6.54 Å². The van der Waals surface area contributed by atoms with E-state index in [-0.39, 0.29) is 6.54 Å². The highest BCUT2D eigenvalue weighted by molar-refractivity contribution is 5.92. The number of unbranched alkanes of at least 4 members (excludes halogenated alkanes) is 11. The molecule has 0 aromatic rings. The Balaban J connectivity index is 1.79. The van der Waals surface area contributed by atoms with Crippen LogP contribution in [0.25, 0.3) is 0 Å². The monoisotopic (exact) mass is 297 g/mol. The highest BCUT2D eigenvalue weighted by Gasteiger charge is 2.28. The predicted molar refractivity (Wildman–Crippen MR) is 84.1 cm³/mol. The molecule has 1 rings (SSSR count). The molecule has 1 aliphatic heterocycles. The van der Waals surface area contributed by atoms with Crippen molar-refractivity contribution in [3.8, 4) is 0 Å². The number of rotatable bonds is 13. The number of carbonyl (C=O) groups excluding carboxylic acids is 2. The van der Waals surface area contributed by atoms with Crippen molar-refractivity contribution in [2.24, 2.45) is 0 Å². The summed E-state index contributed by atoms with van der Waals surface area (Å²) in [7, 11) is 0. The molecule has 1 fully saturated rings. The van der Waals surface area contributed by atoms with E-state index in [9.17, 15) is 9.59 Å². The number of carbonyl (C=O) groups is 2. The molecule has 1 amide bonds. The summed E-state index contributed by atoms with van der Waals surface area (Å²) in [6, 6.07) is 0. The van der Waals surface area contributed by atoms with Crippen LogP contribution in [0.15, 0.2) is 0 Å². The van der Waals surface area contributed by atoms with Crippen LogP contribution >= 0.6 is 0 Å². The first-order chi connectivity index (χ1) is 10.2. The number of esters is 1. The van der Waals surface area contributed by atoms with E-state index in [2.05, 4.69) is 11.7 Å². The van der Waals surface area contributed by atoms with Crippen molar-refractivity contribution in [2.75, 3.05) is 13.1 Å². The van der Waals surface area contributed by atoms with Gasteiger partial charge in [0, 0.05) is 6.54 Å². The zero-order chi connectivity index (χ0) is 15.3. The highest BCUT2D eigenvalue weighted by Crippen LogP contribution is 2.13. The third-order valence-electron chi connectivity index (χ3n) is 4.06. The minimum atomic E-state index is -0.469. The standard InChI is InChI=1S/C17H31NO3/c1-2-3-4-5-6-7-8-9-10-11-12-13-14-18-15-16(19)21-17(18)20/h2-15H2,1H3. The predicted octanol–water partition coefficient (Wildman–Crippen LogP) is 4.67. The molecule has 0 saturated carbocycles. The molecule has 4 nitrogen and oxygen atoms in total. The van der Waals surface area contributed by atoms with Gasteiger partial charge in [-0.15, -0.1) is 0 Å². The molecule has 1 saturated heterocycles. The first kappa shape index (κ1) is 18.0. The summed E-state index contributed by atoms with van der Waals surface area (Å²) in [5.41, 5.74) is 0. The van der Waals surface area contributed by atoms with E-state index in [1.54, 1.807) is 0 Å². The summed E-state index contributed by atoms with van der Waals surface area (Å²) in [5.74, 6) is -0.418. The lowest BCUT2D eigenvalue weighted by Gasteiger charge is -2.10. The summed E-state index contributed by atoms with van der Waals surface area (Å²) < 4.78 is 4.48. The second kappa shape index (κ2) is 11.6. The Bertz CT molecular complexity index is 304. The van der Waals surface area contributed by atoms with Crippen molar-refractivity contribution >= 4 is 12.1 Å². The Kier molecular flexibility index (Phi) is 9.92. The normalized spacial score (nSPS) is 14.8. The second-order valence-corrected chi connectivity index (χ2v) is 6.05. The van der Waals surface area contributed by atoms with Crippen molar-refractivity contribution in [1.29, 1.82) is 0 Å². The fraction of sp³-hybridized carbons (Fsp3) is 0.882. The van der Waals surface area contributed by atoms with Crippen molar-refractivity contribution in [3.63, 3.8) is 0 Å². The Morgan fingerprint density at radius 2 is 1.29 bits per heavy atom.